The van der Waals surface area contributed by atoms with Crippen LogP contribution in [0.15, 0.2) is 42.5 Å². The van der Waals surface area contributed by atoms with Gasteiger partial charge in [-0.2, -0.15) is 0 Å². The summed E-state index contributed by atoms with van der Waals surface area (Å²) in [4.78, 5) is 26.8. The van der Waals surface area contributed by atoms with Crippen molar-refractivity contribution in [2.45, 2.75) is 32.2 Å². The van der Waals surface area contributed by atoms with E-state index in [0.29, 0.717) is 44.5 Å². The summed E-state index contributed by atoms with van der Waals surface area (Å²) in [7, 11) is 0. The Labute approximate surface area is 179 Å². The second-order valence-corrected chi connectivity index (χ2v) is 7.74. The number of halogens is 3. The SMILES string of the molecule is CC(C(=O)Nc1ccc(F)c(F)c1)N1CCC(C(=O)NCCc2ccccc2F)CC1. The fourth-order valence-corrected chi connectivity index (χ4v) is 3.70. The van der Waals surface area contributed by atoms with Gasteiger partial charge in [0, 0.05) is 24.2 Å². The Morgan fingerprint density at radius 2 is 1.74 bits per heavy atom. The largest absolute Gasteiger partial charge is 0.356 e. The van der Waals surface area contributed by atoms with Crippen molar-refractivity contribution in [3.8, 4) is 0 Å². The van der Waals surface area contributed by atoms with Gasteiger partial charge in [-0.3, -0.25) is 14.5 Å². The standard InChI is InChI=1S/C23H26F3N3O2/c1-15(22(30)28-18-6-7-20(25)21(26)14-18)29-12-9-17(10-13-29)23(31)27-11-8-16-4-2-3-5-19(16)24/h2-7,14-15,17H,8-13H2,1H3,(H,27,31)(H,28,30). The molecule has 166 valence electrons. The fourth-order valence-electron chi connectivity index (χ4n) is 3.70. The molecule has 31 heavy (non-hydrogen) atoms. The van der Waals surface area contributed by atoms with E-state index in [2.05, 4.69) is 10.6 Å². The van der Waals surface area contributed by atoms with Crippen LogP contribution in [0.25, 0.3) is 0 Å². The lowest BCUT2D eigenvalue weighted by molar-refractivity contribution is -0.127. The number of benzene rings is 2. The lowest BCUT2D eigenvalue weighted by Crippen LogP contribution is -2.48. The lowest BCUT2D eigenvalue weighted by atomic mass is 9.94. The Bertz CT molecular complexity index is 930. The minimum Gasteiger partial charge on any atom is -0.356 e. The third-order valence-electron chi connectivity index (χ3n) is 5.67. The molecule has 2 N–H and O–H groups in total. The zero-order valence-electron chi connectivity index (χ0n) is 17.3. The minimum atomic E-state index is -1.02. The molecule has 1 aliphatic rings. The van der Waals surface area contributed by atoms with E-state index in [9.17, 15) is 22.8 Å². The summed E-state index contributed by atoms with van der Waals surface area (Å²) >= 11 is 0. The average Bonchev–Trinajstić information content (AvgIpc) is 2.77. The summed E-state index contributed by atoms with van der Waals surface area (Å²) in [6.45, 7) is 3.24. The molecule has 2 aromatic rings. The van der Waals surface area contributed by atoms with Gasteiger partial charge in [0.25, 0.3) is 0 Å². The molecule has 0 radical (unpaired) electrons. The van der Waals surface area contributed by atoms with Crippen molar-refractivity contribution in [1.82, 2.24) is 10.2 Å². The maximum atomic E-state index is 13.6. The number of nitrogens with one attached hydrogen (secondary N) is 2. The molecule has 0 saturated carbocycles. The van der Waals surface area contributed by atoms with Gasteiger partial charge < -0.3 is 10.6 Å². The highest BCUT2D eigenvalue weighted by atomic mass is 19.2. The molecule has 0 aromatic heterocycles. The Balaban J connectivity index is 1.42. The van der Waals surface area contributed by atoms with Crippen molar-refractivity contribution in [3.63, 3.8) is 0 Å². The van der Waals surface area contributed by atoms with E-state index in [-0.39, 0.29) is 29.2 Å². The smallest absolute Gasteiger partial charge is 0.241 e. The van der Waals surface area contributed by atoms with Crippen LogP contribution in [0.4, 0.5) is 18.9 Å². The highest BCUT2D eigenvalue weighted by Crippen LogP contribution is 2.20. The van der Waals surface area contributed by atoms with Crippen LogP contribution in [-0.4, -0.2) is 42.4 Å². The second-order valence-electron chi connectivity index (χ2n) is 7.74. The predicted octanol–water partition coefficient (Wildman–Crippen LogP) is 3.50. The molecule has 1 fully saturated rings. The second kappa shape index (κ2) is 10.4. The van der Waals surface area contributed by atoms with Crippen molar-refractivity contribution >= 4 is 17.5 Å². The van der Waals surface area contributed by atoms with Crippen LogP contribution in [0.1, 0.15) is 25.3 Å². The maximum Gasteiger partial charge on any atom is 0.241 e. The minimum absolute atomic E-state index is 0.0603. The first kappa shape index (κ1) is 22.8. The summed E-state index contributed by atoms with van der Waals surface area (Å²) in [5.74, 6) is -2.81. The summed E-state index contributed by atoms with van der Waals surface area (Å²) in [5, 5.41) is 5.46. The van der Waals surface area contributed by atoms with E-state index in [1.54, 1.807) is 25.1 Å². The summed E-state index contributed by atoms with van der Waals surface area (Å²) in [6.07, 6.45) is 1.64. The van der Waals surface area contributed by atoms with Gasteiger partial charge in [-0.1, -0.05) is 18.2 Å². The topological polar surface area (TPSA) is 61.4 Å². The molecule has 1 saturated heterocycles. The number of carbonyl (C=O) groups excluding carboxylic acids is 2. The van der Waals surface area contributed by atoms with E-state index < -0.39 is 17.7 Å². The Morgan fingerprint density at radius 1 is 1.03 bits per heavy atom. The number of piperidine rings is 1. The number of nitrogens with zero attached hydrogens (tertiary/aromatic N) is 1. The Hall–Kier alpha value is -2.87. The van der Waals surface area contributed by atoms with E-state index in [1.807, 2.05) is 4.90 Å². The first-order chi connectivity index (χ1) is 14.8. The van der Waals surface area contributed by atoms with Gasteiger partial charge in [0.1, 0.15) is 5.82 Å². The molecule has 3 rings (SSSR count). The van der Waals surface area contributed by atoms with Gasteiger partial charge in [0.2, 0.25) is 11.8 Å². The van der Waals surface area contributed by atoms with Crippen molar-refractivity contribution in [3.05, 3.63) is 65.5 Å². The first-order valence-electron chi connectivity index (χ1n) is 10.4. The highest BCUT2D eigenvalue weighted by molar-refractivity contribution is 5.94. The molecule has 0 spiro atoms. The number of hydrogen-bond acceptors (Lipinski definition) is 3. The molecule has 8 heteroatoms. The van der Waals surface area contributed by atoms with Crippen LogP contribution >= 0.6 is 0 Å². The van der Waals surface area contributed by atoms with Crippen molar-refractivity contribution in [2.75, 3.05) is 25.0 Å². The average molecular weight is 433 g/mol. The predicted molar refractivity (Wildman–Crippen MR) is 112 cm³/mol. The van der Waals surface area contributed by atoms with Crippen molar-refractivity contribution in [2.24, 2.45) is 5.92 Å². The number of anilines is 1. The number of likely N-dealkylation sites (tertiary alicyclic amines) is 1. The molecule has 1 aliphatic heterocycles. The number of amides is 2. The van der Waals surface area contributed by atoms with E-state index in [4.69, 9.17) is 0 Å². The third-order valence-corrected chi connectivity index (χ3v) is 5.67. The van der Waals surface area contributed by atoms with Gasteiger partial charge >= 0.3 is 0 Å². The van der Waals surface area contributed by atoms with Gasteiger partial charge in [-0.25, -0.2) is 13.2 Å². The van der Waals surface area contributed by atoms with Crippen LogP contribution in [0.5, 0.6) is 0 Å². The van der Waals surface area contributed by atoms with E-state index in [0.717, 1.165) is 12.1 Å². The van der Waals surface area contributed by atoms with Crippen LogP contribution < -0.4 is 10.6 Å². The van der Waals surface area contributed by atoms with Crippen molar-refractivity contribution < 1.29 is 22.8 Å². The monoisotopic (exact) mass is 433 g/mol. The summed E-state index contributed by atoms with van der Waals surface area (Å²) in [5.41, 5.74) is 0.762. The van der Waals surface area contributed by atoms with Gasteiger partial charge in [0.05, 0.1) is 6.04 Å². The number of rotatable bonds is 7. The number of carbonyl (C=O) groups is 2. The van der Waals surface area contributed by atoms with Crippen LogP contribution in [0.3, 0.4) is 0 Å². The molecule has 1 unspecified atom stereocenters. The molecule has 2 aromatic carbocycles. The van der Waals surface area contributed by atoms with E-state index in [1.165, 1.54) is 12.1 Å². The molecule has 2 amide bonds. The zero-order valence-corrected chi connectivity index (χ0v) is 17.3. The van der Waals surface area contributed by atoms with Gasteiger partial charge in [0.15, 0.2) is 11.6 Å². The van der Waals surface area contributed by atoms with Crippen molar-refractivity contribution in [1.29, 1.82) is 0 Å². The van der Waals surface area contributed by atoms with Crippen LogP contribution in [0.2, 0.25) is 0 Å². The van der Waals surface area contributed by atoms with E-state index >= 15 is 0 Å². The lowest BCUT2D eigenvalue weighted by Gasteiger charge is -2.34. The molecular formula is C23H26F3N3O2. The molecular weight excluding hydrogens is 407 g/mol. The number of hydrogen-bond donors (Lipinski definition) is 2. The van der Waals surface area contributed by atoms with Gasteiger partial charge in [-0.15, -0.1) is 0 Å². The molecule has 1 atom stereocenters. The Morgan fingerprint density at radius 3 is 2.42 bits per heavy atom. The molecule has 1 heterocycles. The molecule has 0 aliphatic carbocycles. The summed E-state index contributed by atoms with van der Waals surface area (Å²) in [6, 6.07) is 9.23. The Kier molecular flexibility index (Phi) is 7.68. The molecule has 5 nitrogen and oxygen atoms in total. The fraction of sp³-hybridized carbons (Fsp3) is 0.391. The first-order valence-corrected chi connectivity index (χ1v) is 10.4. The normalized spacial score (nSPS) is 16.0. The molecule has 0 bridgehead atoms. The van der Waals surface area contributed by atoms with Crippen LogP contribution in [0, 0.1) is 23.4 Å². The maximum absolute atomic E-state index is 13.6. The quantitative estimate of drug-likeness (QED) is 0.703. The van der Waals surface area contributed by atoms with Gasteiger partial charge in [-0.05, 0) is 63.0 Å². The third kappa shape index (κ3) is 6.07. The van der Waals surface area contributed by atoms with Crippen LogP contribution in [-0.2, 0) is 16.0 Å². The summed E-state index contributed by atoms with van der Waals surface area (Å²) < 4.78 is 40.0. The zero-order chi connectivity index (χ0) is 22.4. The highest BCUT2D eigenvalue weighted by Gasteiger charge is 2.29.